The van der Waals surface area contributed by atoms with Gasteiger partial charge in [0.2, 0.25) is 0 Å². The van der Waals surface area contributed by atoms with Crippen LogP contribution in [0.15, 0.2) is 17.3 Å². The summed E-state index contributed by atoms with van der Waals surface area (Å²) < 4.78 is 0.543. The molecule has 1 N–H and O–H groups in total. The van der Waals surface area contributed by atoms with Crippen LogP contribution in [0.2, 0.25) is 0 Å². The quantitative estimate of drug-likeness (QED) is 0.384. The van der Waals surface area contributed by atoms with Gasteiger partial charge >= 0.3 is 0 Å². The minimum Gasteiger partial charge on any atom is -0.326 e. The first-order valence-corrected chi connectivity index (χ1v) is 4.05. The Hall–Kier alpha value is -0.350. The number of nitrogens with zero attached hydrogens (tertiary/aromatic N) is 1. The van der Waals surface area contributed by atoms with Gasteiger partial charge in [0.25, 0.3) is 0 Å². The molecule has 0 bridgehead atoms. The SMILES string of the molecule is CSc1ccnc(=S)[nH]1. The van der Waals surface area contributed by atoms with Gasteiger partial charge in [-0.2, -0.15) is 0 Å². The zero-order chi connectivity index (χ0) is 6.69. The molecule has 0 aliphatic carbocycles. The highest BCUT2D eigenvalue weighted by molar-refractivity contribution is 7.98. The maximum atomic E-state index is 4.79. The number of aromatic amines is 1. The second-order valence-electron chi connectivity index (χ2n) is 1.44. The number of hydrogen-bond donors (Lipinski definition) is 1. The molecule has 0 aliphatic rings. The van der Waals surface area contributed by atoms with Crippen molar-refractivity contribution in [1.29, 1.82) is 0 Å². The highest BCUT2D eigenvalue weighted by atomic mass is 32.2. The fraction of sp³-hybridized carbons (Fsp3) is 0.200. The summed E-state index contributed by atoms with van der Waals surface area (Å²) in [6.07, 6.45) is 3.69. The molecule has 0 saturated heterocycles. The first kappa shape index (κ1) is 6.77. The van der Waals surface area contributed by atoms with E-state index in [-0.39, 0.29) is 0 Å². The molecule has 9 heavy (non-hydrogen) atoms. The first-order chi connectivity index (χ1) is 4.33. The molecule has 1 rings (SSSR count). The third-order valence-electron chi connectivity index (χ3n) is 0.868. The van der Waals surface area contributed by atoms with Crippen molar-refractivity contribution in [2.45, 2.75) is 5.03 Å². The third-order valence-corrected chi connectivity index (χ3v) is 1.75. The third kappa shape index (κ3) is 1.80. The lowest BCUT2D eigenvalue weighted by Crippen LogP contribution is -1.80. The smallest absolute Gasteiger partial charge is 0.197 e. The van der Waals surface area contributed by atoms with Crippen LogP contribution in [0.4, 0.5) is 0 Å². The molecule has 0 amide bonds. The lowest BCUT2D eigenvalue weighted by Gasteiger charge is -1.91. The summed E-state index contributed by atoms with van der Waals surface area (Å²) in [6, 6.07) is 1.89. The van der Waals surface area contributed by atoms with E-state index in [2.05, 4.69) is 9.97 Å². The zero-order valence-electron chi connectivity index (χ0n) is 4.92. The van der Waals surface area contributed by atoms with Gasteiger partial charge in [0.05, 0.1) is 5.03 Å². The number of aromatic nitrogens is 2. The molecule has 0 aliphatic heterocycles. The molecule has 0 aromatic carbocycles. The van der Waals surface area contributed by atoms with Crippen molar-refractivity contribution >= 4 is 24.0 Å². The van der Waals surface area contributed by atoms with Crippen molar-refractivity contribution in [3.8, 4) is 0 Å². The van der Waals surface area contributed by atoms with Crippen molar-refractivity contribution in [3.05, 3.63) is 17.0 Å². The molecule has 4 heteroatoms. The summed E-state index contributed by atoms with van der Waals surface area (Å²) in [5, 5.41) is 1.05. The minimum absolute atomic E-state index is 0.543. The van der Waals surface area contributed by atoms with Gasteiger partial charge in [-0.25, -0.2) is 4.98 Å². The summed E-state index contributed by atoms with van der Waals surface area (Å²) in [6.45, 7) is 0. The summed E-state index contributed by atoms with van der Waals surface area (Å²) in [5.41, 5.74) is 0. The standard InChI is InChI=1S/C5H6N2S2/c1-9-4-2-3-6-5(8)7-4/h2-3H,1H3,(H,6,7,8). The number of hydrogen-bond acceptors (Lipinski definition) is 3. The first-order valence-electron chi connectivity index (χ1n) is 2.42. The normalized spacial score (nSPS) is 9.44. The van der Waals surface area contributed by atoms with Crippen molar-refractivity contribution in [2.24, 2.45) is 0 Å². The molecule has 0 unspecified atom stereocenters. The van der Waals surface area contributed by atoms with Crippen molar-refractivity contribution in [2.75, 3.05) is 6.26 Å². The van der Waals surface area contributed by atoms with Crippen LogP contribution in [0.1, 0.15) is 0 Å². The molecular formula is C5H6N2S2. The van der Waals surface area contributed by atoms with Gasteiger partial charge in [-0.1, -0.05) is 0 Å². The van der Waals surface area contributed by atoms with E-state index in [0.29, 0.717) is 4.77 Å². The Balaban J connectivity index is 3.08. The van der Waals surface area contributed by atoms with Gasteiger partial charge in [-0.15, -0.1) is 11.8 Å². The van der Waals surface area contributed by atoms with E-state index in [1.54, 1.807) is 18.0 Å². The molecule has 0 radical (unpaired) electrons. The Morgan fingerprint density at radius 3 is 3.00 bits per heavy atom. The zero-order valence-corrected chi connectivity index (χ0v) is 6.55. The molecule has 0 fully saturated rings. The van der Waals surface area contributed by atoms with E-state index < -0.39 is 0 Å². The topological polar surface area (TPSA) is 28.7 Å². The average molecular weight is 158 g/mol. The summed E-state index contributed by atoms with van der Waals surface area (Å²) in [5.74, 6) is 0. The second-order valence-corrected chi connectivity index (χ2v) is 2.68. The van der Waals surface area contributed by atoms with Crippen molar-refractivity contribution < 1.29 is 0 Å². The van der Waals surface area contributed by atoms with Crippen LogP contribution in [-0.4, -0.2) is 16.2 Å². The number of thioether (sulfide) groups is 1. The largest absolute Gasteiger partial charge is 0.326 e. The van der Waals surface area contributed by atoms with E-state index in [0.717, 1.165) is 5.03 Å². The van der Waals surface area contributed by atoms with Crippen LogP contribution in [0, 0.1) is 4.77 Å². The van der Waals surface area contributed by atoms with Gasteiger partial charge in [-0.3, -0.25) is 0 Å². The summed E-state index contributed by atoms with van der Waals surface area (Å²) >= 11 is 6.41. The van der Waals surface area contributed by atoms with Crippen LogP contribution in [0.25, 0.3) is 0 Å². The van der Waals surface area contributed by atoms with Gasteiger partial charge in [0.1, 0.15) is 0 Å². The Bertz CT molecular complexity index is 243. The maximum Gasteiger partial charge on any atom is 0.197 e. The molecule has 1 aromatic heterocycles. The lowest BCUT2D eigenvalue weighted by atomic mass is 10.7. The van der Waals surface area contributed by atoms with Crippen molar-refractivity contribution in [3.63, 3.8) is 0 Å². The van der Waals surface area contributed by atoms with Gasteiger partial charge in [0.15, 0.2) is 4.77 Å². The molecule has 1 aromatic rings. The highest BCUT2D eigenvalue weighted by Crippen LogP contribution is 2.07. The minimum atomic E-state index is 0.543. The molecular weight excluding hydrogens is 152 g/mol. The number of H-pyrrole nitrogens is 1. The monoisotopic (exact) mass is 158 g/mol. The van der Waals surface area contributed by atoms with Crippen LogP contribution >= 0.6 is 24.0 Å². The molecule has 0 atom stereocenters. The van der Waals surface area contributed by atoms with Crippen LogP contribution in [0.3, 0.4) is 0 Å². The Morgan fingerprint density at radius 2 is 2.56 bits per heavy atom. The lowest BCUT2D eigenvalue weighted by molar-refractivity contribution is 1.02. The Kier molecular flexibility index (Phi) is 2.24. The Labute approximate surface area is 62.7 Å². The maximum absolute atomic E-state index is 4.79. The highest BCUT2D eigenvalue weighted by Gasteiger charge is 1.84. The van der Waals surface area contributed by atoms with E-state index in [9.17, 15) is 0 Å². The van der Waals surface area contributed by atoms with Crippen LogP contribution in [0.5, 0.6) is 0 Å². The van der Waals surface area contributed by atoms with E-state index >= 15 is 0 Å². The fourth-order valence-electron chi connectivity index (χ4n) is 0.471. The van der Waals surface area contributed by atoms with Gasteiger partial charge < -0.3 is 4.98 Å². The summed E-state index contributed by atoms with van der Waals surface area (Å²) in [4.78, 5) is 6.76. The molecule has 2 nitrogen and oxygen atoms in total. The second kappa shape index (κ2) is 2.98. The number of rotatable bonds is 1. The van der Waals surface area contributed by atoms with Crippen molar-refractivity contribution in [1.82, 2.24) is 9.97 Å². The fourth-order valence-corrected chi connectivity index (χ4v) is 1.10. The van der Waals surface area contributed by atoms with Gasteiger partial charge in [-0.05, 0) is 24.5 Å². The van der Waals surface area contributed by atoms with E-state index in [1.807, 2.05) is 12.3 Å². The predicted octanol–water partition coefficient (Wildman–Crippen LogP) is 1.86. The van der Waals surface area contributed by atoms with Crippen LogP contribution in [-0.2, 0) is 0 Å². The predicted molar refractivity (Wildman–Crippen MR) is 41.2 cm³/mol. The van der Waals surface area contributed by atoms with Gasteiger partial charge in [0, 0.05) is 6.20 Å². The molecule has 48 valence electrons. The number of nitrogens with one attached hydrogen (secondary N) is 1. The molecule has 0 saturated carbocycles. The summed E-state index contributed by atoms with van der Waals surface area (Å²) in [7, 11) is 0. The Morgan fingerprint density at radius 1 is 1.78 bits per heavy atom. The van der Waals surface area contributed by atoms with E-state index in [4.69, 9.17) is 12.2 Å². The molecule has 1 heterocycles. The van der Waals surface area contributed by atoms with Crippen LogP contribution < -0.4 is 0 Å². The average Bonchev–Trinajstić information content (AvgIpc) is 1.88. The molecule has 0 spiro atoms. The van der Waals surface area contributed by atoms with E-state index in [1.165, 1.54) is 0 Å².